The highest BCUT2D eigenvalue weighted by Gasteiger charge is 2.00. The lowest BCUT2D eigenvalue weighted by molar-refractivity contribution is -0.0731. The topological polar surface area (TPSA) is 36.4 Å². The first-order chi connectivity index (χ1) is 4.68. The van der Waals surface area contributed by atoms with Crippen LogP contribution in [0.1, 0.15) is 5.01 Å². The van der Waals surface area contributed by atoms with E-state index in [1.807, 2.05) is 0 Å². The summed E-state index contributed by atoms with van der Waals surface area (Å²) < 4.78 is 0.990. The Labute approximate surface area is 71.4 Å². The van der Waals surface area contributed by atoms with Gasteiger partial charge < -0.3 is 5.21 Å². The monoisotopic (exact) mass is 222 g/mol. The number of rotatable bonds is 2. The van der Waals surface area contributed by atoms with Gasteiger partial charge in [0, 0.05) is 7.05 Å². The fraction of sp³-hybridized carbons (Fsp3) is 0.400. The van der Waals surface area contributed by atoms with Crippen LogP contribution in [0, 0.1) is 0 Å². The predicted octanol–water partition coefficient (Wildman–Crippen LogP) is 1.73. The molecule has 0 radical (unpaired) electrons. The Morgan fingerprint density at radius 2 is 2.60 bits per heavy atom. The van der Waals surface area contributed by atoms with Gasteiger partial charge in [0.15, 0.2) is 0 Å². The van der Waals surface area contributed by atoms with Gasteiger partial charge in [-0.3, -0.25) is 0 Å². The third-order valence-corrected chi connectivity index (χ3v) is 2.35. The summed E-state index contributed by atoms with van der Waals surface area (Å²) in [4.78, 5) is 4.03. The number of hydrogen-bond acceptors (Lipinski definition) is 4. The van der Waals surface area contributed by atoms with Crippen LogP contribution >= 0.6 is 27.3 Å². The van der Waals surface area contributed by atoms with E-state index in [-0.39, 0.29) is 0 Å². The lowest BCUT2D eigenvalue weighted by Gasteiger charge is -2.02. The largest absolute Gasteiger partial charge is 0.314 e. The summed E-state index contributed by atoms with van der Waals surface area (Å²) in [5, 5.41) is 10.8. The quantitative estimate of drug-likeness (QED) is 0.775. The minimum atomic E-state index is 0.482. The molecule has 0 saturated carbocycles. The third kappa shape index (κ3) is 2.34. The fourth-order valence-corrected chi connectivity index (χ4v) is 1.91. The van der Waals surface area contributed by atoms with E-state index in [2.05, 4.69) is 20.9 Å². The second-order valence-corrected chi connectivity index (χ2v) is 4.37. The molecule has 10 heavy (non-hydrogen) atoms. The molecule has 0 aliphatic carbocycles. The summed E-state index contributed by atoms with van der Waals surface area (Å²) in [6.45, 7) is 0.482. The lowest BCUT2D eigenvalue weighted by Crippen LogP contribution is -2.10. The molecular formula is C5H7BrN2OS. The maximum atomic E-state index is 8.80. The van der Waals surface area contributed by atoms with Crippen LogP contribution in [0.2, 0.25) is 0 Å². The van der Waals surface area contributed by atoms with Crippen molar-refractivity contribution in [2.75, 3.05) is 7.05 Å². The van der Waals surface area contributed by atoms with Crippen LogP contribution in [-0.2, 0) is 6.54 Å². The number of aromatic nitrogens is 1. The smallest absolute Gasteiger partial charge is 0.110 e. The van der Waals surface area contributed by atoms with Crippen LogP contribution in [0.4, 0.5) is 0 Å². The predicted molar refractivity (Wildman–Crippen MR) is 43.1 cm³/mol. The van der Waals surface area contributed by atoms with E-state index in [0.717, 1.165) is 13.9 Å². The fourth-order valence-electron chi connectivity index (χ4n) is 0.557. The molecule has 0 aromatic carbocycles. The highest BCUT2D eigenvalue weighted by molar-refractivity contribution is 9.11. The van der Waals surface area contributed by atoms with E-state index < -0.39 is 0 Å². The van der Waals surface area contributed by atoms with Gasteiger partial charge in [-0.05, 0) is 15.9 Å². The molecule has 0 unspecified atom stereocenters. The zero-order valence-corrected chi connectivity index (χ0v) is 7.81. The molecule has 56 valence electrons. The maximum Gasteiger partial charge on any atom is 0.110 e. The van der Waals surface area contributed by atoms with Crippen molar-refractivity contribution in [3.63, 3.8) is 0 Å². The van der Waals surface area contributed by atoms with Crippen LogP contribution in [0.3, 0.4) is 0 Å². The van der Waals surface area contributed by atoms with Crippen LogP contribution in [0.25, 0.3) is 0 Å². The Morgan fingerprint density at radius 3 is 3.00 bits per heavy atom. The van der Waals surface area contributed by atoms with Gasteiger partial charge in [0.1, 0.15) is 5.01 Å². The molecule has 1 aromatic heterocycles. The van der Waals surface area contributed by atoms with Crippen molar-refractivity contribution in [3.8, 4) is 0 Å². The Kier molecular flexibility index (Phi) is 2.79. The Morgan fingerprint density at radius 1 is 1.90 bits per heavy atom. The van der Waals surface area contributed by atoms with Gasteiger partial charge in [-0.25, -0.2) is 4.98 Å². The molecule has 0 bridgehead atoms. The van der Waals surface area contributed by atoms with Gasteiger partial charge >= 0.3 is 0 Å². The SMILES string of the molecule is CN(O)Cc1ncc(Br)s1. The van der Waals surface area contributed by atoms with E-state index >= 15 is 0 Å². The third-order valence-electron chi connectivity index (χ3n) is 0.889. The Balaban J connectivity index is 2.58. The van der Waals surface area contributed by atoms with Gasteiger partial charge in [-0.1, -0.05) is 0 Å². The average molecular weight is 223 g/mol. The van der Waals surface area contributed by atoms with Crippen molar-refractivity contribution in [1.82, 2.24) is 10.0 Å². The molecule has 0 spiro atoms. The molecule has 1 N–H and O–H groups in total. The lowest BCUT2D eigenvalue weighted by atomic mass is 10.7. The summed E-state index contributed by atoms with van der Waals surface area (Å²) in [6.07, 6.45) is 1.73. The summed E-state index contributed by atoms with van der Waals surface area (Å²) in [7, 11) is 1.59. The Hall–Kier alpha value is 0.0300. The molecule has 0 fully saturated rings. The molecule has 0 saturated heterocycles. The molecule has 0 atom stereocenters. The average Bonchev–Trinajstić information content (AvgIpc) is 2.13. The van der Waals surface area contributed by atoms with Crippen molar-refractivity contribution in [2.24, 2.45) is 0 Å². The number of thiazole rings is 1. The Bertz CT molecular complexity index is 213. The standard InChI is InChI=1S/C5H7BrN2OS/c1-8(9)3-5-7-2-4(6)10-5/h2,9H,3H2,1H3. The van der Waals surface area contributed by atoms with Crippen molar-refractivity contribution in [1.29, 1.82) is 0 Å². The van der Waals surface area contributed by atoms with E-state index in [0.29, 0.717) is 6.54 Å². The maximum absolute atomic E-state index is 8.80. The van der Waals surface area contributed by atoms with Gasteiger partial charge in [0.2, 0.25) is 0 Å². The van der Waals surface area contributed by atoms with Gasteiger partial charge in [-0.2, -0.15) is 5.06 Å². The van der Waals surface area contributed by atoms with E-state index in [9.17, 15) is 0 Å². The molecule has 1 heterocycles. The van der Waals surface area contributed by atoms with Crippen molar-refractivity contribution < 1.29 is 5.21 Å². The number of nitrogens with zero attached hydrogens (tertiary/aromatic N) is 2. The zero-order chi connectivity index (χ0) is 7.56. The number of hydrogen-bond donors (Lipinski definition) is 1. The van der Waals surface area contributed by atoms with Crippen molar-refractivity contribution in [3.05, 3.63) is 15.0 Å². The first kappa shape index (κ1) is 8.13. The van der Waals surface area contributed by atoms with Gasteiger partial charge in [0.25, 0.3) is 0 Å². The van der Waals surface area contributed by atoms with Crippen LogP contribution in [-0.4, -0.2) is 22.3 Å². The van der Waals surface area contributed by atoms with Crippen LogP contribution in [0.15, 0.2) is 9.98 Å². The first-order valence-electron chi connectivity index (χ1n) is 2.68. The summed E-state index contributed by atoms with van der Waals surface area (Å²) >= 11 is 4.80. The highest BCUT2D eigenvalue weighted by atomic mass is 79.9. The molecule has 5 heteroatoms. The minimum Gasteiger partial charge on any atom is -0.314 e. The summed E-state index contributed by atoms with van der Waals surface area (Å²) in [6, 6.07) is 0. The normalized spacial score (nSPS) is 10.8. The number of hydroxylamine groups is 2. The molecule has 0 aliphatic heterocycles. The highest BCUT2D eigenvalue weighted by Crippen LogP contribution is 2.19. The molecule has 0 aliphatic rings. The second kappa shape index (κ2) is 3.43. The van der Waals surface area contributed by atoms with Gasteiger partial charge in [-0.15, -0.1) is 11.3 Å². The van der Waals surface area contributed by atoms with Gasteiger partial charge in [0.05, 0.1) is 16.5 Å². The summed E-state index contributed by atoms with van der Waals surface area (Å²) in [5.74, 6) is 0. The molecule has 3 nitrogen and oxygen atoms in total. The van der Waals surface area contributed by atoms with Crippen molar-refractivity contribution in [2.45, 2.75) is 6.54 Å². The van der Waals surface area contributed by atoms with Crippen LogP contribution in [0.5, 0.6) is 0 Å². The first-order valence-corrected chi connectivity index (χ1v) is 4.29. The number of halogens is 1. The molecule has 1 rings (SSSR count). The van der Waals surface area contributed by atoms with E-state index in [1.165, 1.54) is 11.3 Å². The molecule has 1 aromatic rings. The van der Waals surface area contributed by atoms with E-state index in [1.54, 1.807) is 13.2 Å². The minimum absolute atomic E-state index is 0.482. The summed E-state index contributed by atoms with van der Waals surface area (Å²) in [5.41, 5.74) is 0. The zero-order valence-electron chi connectivity index (χ0n) is 5.41. The van der Waals surface area contributed by atoms with Crippen molar-refractivity contribution >= 4 is 27.3 Å². The van der Waals surface area contributed by atoms with E-state index in [4.69, 9.17) is 5.21 Å². The second-order valence-electron chi connectivity index (χ2n) is 1.87. The molecular weight excluding hydrogens is 216 g/mol. The molecule has 0 amide bonds. The van der Waals surface area contributed by atoms with Crippen LogP contribution < -0.4 is 0 Å².